The Balaban J connectivity index is 1.37. The molecule has 0 bridgehead atoms. The highest BCUT2D eigenvalue weighted by atomic mass is 35.5. The van der Waals surface area contributed by atoms with Crippen LogP contribution in [0.15, 0.2) is 77.6 Å². The van der Waals surface area contributed by atoms with Crippen molar-refractivity contribution in [1.82, 2.24) is 15.0 Å². The summed E-state index contributed by atoms with van der Waals surface area (Å²) in [5.74, 6) is -2.12. The monoisotopic (exact) mass is 477 g/mol. The van der Waals surface area contributed by atoms with Crippen LogP contribution >= 0.6 is 11.6 Å². The standard InChI is InChI=1S/C26H24ClN3O4/c27-20-12-10-19(11-13-20)18-8-5-17(6-9-18)7-14-24(31)22(26(33)34)15-16-30-25(32)21-3-1-2-4-23(21)28-29-30/h1-6,8-13,22,24,31H,7,14-16H2,(H,33,34)/t22?,24-/m1/s1. The number of carbonyl (C=O) groups is 1. The predicted octanol–water partition coefficient (Wildman–Crippen LogP) is 4.20. The summed E-state index contributed by atoms with van der Waals surface area (Å²) < 4.78 is 1.15. The Morgan fingerprint density at radius 2 is 1.59 bits per heavy atom. The minimum atomic E-state index is -1.10. The number of halogens is 1. The third-order valence-corrected chi connectivity index (χ3v) is 6.18. The summed E-state index contributed by atoms with van der Waals surface area (Å²) in [6, 6.07) is 22.3. The van der Waals surface area contributed by atoms with Crippen LogP contribution in [-0.2, 0) is 17.8 Å². The summed E-state index contributed by atoms with van der Waals surface area (Å²) in [6.07, 6.45) is -0.173. The van der Waals surface area contributed by atoms with Crippen LogP contribution in [-0.4, -0.2) is 37.3 Å². The van der Waals surface area contributed by atoms with Gasteiger partial charge in [0, 0.05) is 11.6 Å². The number of carboxylic acids is 1. The number of benzene rings is 3. The van der Waals surface area contributed by atoms with Crippen LogP contribution in [0.2, 0.25) is 5.02 Å². The second-order valence-corrected chi connectivity index (χ2v) is 8.61. The smallest absolute Gasteiger partial charge is 0.309 e. The van der Waals surface area contributed by atoms with Crippen molar-refractivity contribution in [2.75, 3.05) is 0 Å². The Kier molecular flexibility index (Phi) is 7.35. The number of rotatable bonds is 9. The first-order valence-corrected chi connectivity index (χ1v) is 11.4. The number of nitrogens with zero attached hydrogens (tertiary/aromatic N) is 3. The molecule has 3 aromatic carbocycles. The van der Waals surface area contributed by atoms with Crippen LogP contribution in [0.25, 0.3) is 22.0 Å². The van der Waals surface area contributed by atoms with Crippen molar-refractivity contribution in [3.8, 4) is 11.1 Å². The van der Waals surface area contributed by atoms with Gasteiger partial charge >= 0.3 is 5.97 Å². The van der Waals surface area contributed by atoms with E-state index in [1.165, 1.54) is 0 Å². The summed E-state index contributed by atoms with van der Waals surface area (Å²) >= 11 is 5.94. The van der Waals surface area contributed by atoms with Crippen LogP contribution in [0.4, 0.5) is 0 Å². The van der Waals surface area contributed by atoms with Crippen molar-refractivity contribution >= 4 is 28.5 Å². The van der Waals surface area contributed by atoms with Crippen molar-refractivity contribution < 1.29 is 15.0 Å². The fourth-order valence-corrected chi connectivity index (χ4v) is 4.06. The van der Waals surface area contributed by atoms with Crippen molar-refractivity contribution in [2.24, 2.45) is 5.92 Å². The van der Waals surface area contributed by atoms with Gasteiger partial charge in [-0.2, -0.15) is 0 Å². The number of aliphatic hydroxyl groups is 1. The van der Waals surface area contributed by atoms with E-state index in [0.29, 0.717) is 22.3 Å². The molecule has 1 unspecified atom stereocenters. The van der Waals surface area contributed by atoms with Gasteiger partial charge in [-0.25, -0.2) is 4.68 Å². The molecular weight excluding hydrogens is 454 g/mol. The molecule has 34 heavy (non-hydrogen) atoms. The van der Waals surface area contributed by atoms with E-state index in [2.05, 4.69) is 10.3 Å². The Hall–Kier alpha value is -3.55. The molecule has 0 fully saturated rings. The van der Waals surface area contributed by atoms with Crippen LogP contribution in [0.1, 0.15) is 18.4 Å². The third-order valence-electron chi connectivity index (χ3n) is 5.92. The number of aryl methyl sites for hydroxylation is 2. The lowest BCUT2D eigenvalue weighted by Gasteiger charge is -2.19. The summed E-state index contributed by atoms with van der Waals surface area (Å²) in [5.41, 5.74) is 3.25. The quantitative estimate of drug-likeness (QED) is 0.374. The van der Waals surface area contributed by atoms with Gasteiger partial charge in [-0.3, -0.25) is 9.59 Å². The molecule has 2 N–H and O–H groups in total. The molecule has 4 rings (SSSR count). The lowest BCUT2D eigenvalue weighted by Crippen LogP contribution is -2.32. The summed E-state index contributed by atoms with van der Waals surface area (Å²) in [7, 11) is 0. The highest BCUT2D eigenvalue weighted by Crippen LogP contribution is 2.23. The maximum atomic E-state index is 12.6. The number of aliphatic hydroxyl groups excluding tert-OH is 1. The average molecular weight is 478 g/mol. The van der Waals surface area contributed by atoms with Crippen LogP contribution in [0, 0.1) is 5.92 Å². The Bertz CT molecular complexity index is 1340. The average Bonchev–Trinajstić information content (AvgIpc) is 2.85. The molecule has 0 aliphatic heterocycles. The van der Waals surface area contributed by atoms with Crippen molar-refractivity contribution in [2.45, 2.75) is 31.9 Å². The lowest BCUT2D eigenvalue weighted by molar-refractivity contribution is -0.146. The van der Waals surface area contributed by atoms with Crippen molar-refractivity contribution in [1.29, 1.82) is 0 Å². The zero-order valence-electron chi connectivity index (χ0n) is 18.3. The maximum absolute atomic E-state index is 12.6. The van der Waals surface area contributed by atoms with Crippen LogP contribution < -0.4 is 5.56 Å². The van der Waals surface area contributed by atoms with Gasteiger partial charge in [0.15, 0.2) is 0 Å². The summed E-state index contributed by atoms with van der Waals surface area (Å²) in [5, 5.41) is 29.3. The topological polar surface area (TPSA) is 105 Å². The molecule has 0 radical (unpaired) electrons. The highest BCUT2D eigenvalue weighted by molar-refractivity contribution is 6.30. The molecule has 0 aliphatic rings. The van der Waals surface area contributed by atoms with Gasteiger partial charge in [0.2, 0.25) is 0 Å². The Morgan fingerprint density at radius 3 is 2.26 bits per heavy atom. The lowest BCUT2D eigenvalue weighted by atomic mass is 9.93. The van der Waals surface area contributed by atoms with E-state index < -0.39 is 18.0 Å². The van der Waals surface area contributed by atoms with Crippen LogP contribution in [0.5, 0.6) is 0 Å². The SMILES string of the molecule is O=C(O)C(CCn1nnc2ccccc2c1=O)[C@H](O)CCc1ccc(-c2ccc(Cl)cc2)cc1. The zero-order valence-corrected chi connectivity index (χ0v) is 19.1. The fourth-order valence-electron chi connectivity index (χ4n) is 3.93. The first kappa shape index (κ1) is 23.6. The number of fused-ring (bicyclic) bond motifs is 1. The van der Waals surface area contributed by atoms with E-state index in [0.717, 1.165) is 21.4 Å². The first-order valence-electron chi connectivity index (χ1n) is 11.0. The number of carboxylic acid groups (broad SMARTS) is 1. The normalized spacial score (nSPS) is 13.0. The maximum Gasteiger partial charge on any atom is 0.309 e. The third kappa shape index (κ3) is 5.50. The van der Waals surface area contributed by atoms with E-state index in [9.17, 15) is 19.8 Å². The fraction of sp³-hybridized carbons (Fsp3) is 0.231. The molecule has 2 atom stereocenters. The number of aliphatic carboxylic acids is 1. The van der Waals surface area contributed by atoms with Gasteiger partial charge in [0.25, 0.3) is 5.56 Å². The Morgan fingerprint density at radius 1 is 0.941 bits per heavy atom. The van der Waals surface area contributed by atoms with Crippen molar-refractivity contribution in [3.63, 3.8) is 0 Å². The zero-order chi connectivity index (χ0) is 24.1. The molecule has 7 nitrogen and oxygen atoms in total. The molecule has 0 saturated carbocycles. The molecule has 1 heterocycles. The minimum Gasteiger partial charge on any atom is -0.481 e. The molecule has 1 aromatic heterocycles. The van der Waals surface area contributed by atoms with Gasteiger partial charge in [0.1, 0.15) is 5.52 Å². The largest absolute Gasteiger partial charge is 0.481 e. The molecule has 174 valence electrons. The second kappa shape index (κ2) is 10.6. The number of hydrogen-bond acceptors (Lipinski definition) is 5. The van der Waals surface area contributed by atoms with E-state index in [-0.39, 0.29) is 24.9 Å². The minimum absolute atomic E-state index is 0.0560. The second-order valence-electron chi connectivity index (χ2n) is 8.18. The molecule has 4 aromatic rings. The summed E-state index contributed by atoms with van der Waals surface area (Å²) in [4.78, 5) is 24.4. The van der Waals surface area contributed by atoms with E-state index in [1.807, 2.05) is 48.5 Å². The van der Waals surface area contributed by atoms with E-state index >= 15 is 0 Å². The Labute approximate surface area is 201 Å². The molecule has 8 heteroatoms. The highest BCUT2D eigenvalue weighted by Gasteiger charge is 2.26. The van der Waals surface area contributed by atoms with Gasteiger partial charge < -0.3 is 10.2 Å². The summed E-state index contributed by atoms with van der Waals surface area (Å²) in [6.45, 7) is 0.0560. The number of aromatic nitrogens is 3. The van der Waals surface area contributed by atoms with Crippen molar-refractivity contribution in [3.05, 3.63) is 93.7 Å². The van der Waals surface area contributed by atoms with Gasteiger partial charge in [-0.05, 0) is 60.2 Å². The van der Waals surface area contributed by atoms with E-state index in [4.69, 9.17) is 11.6 Å². The van der Waals surface area contributed by atoms with E-state index in [1.54, 1.807) is 24.3 Å². The van der Waals surface area contributed by atoms with Gasteiger partial charge in [0.05, 0.1) is 17.4 Å². The number of hydrogen-bond donors (Lipinski definition) is 2. The predicted molar refractivity (Wildman–Crippen MR) is 131 cm³/mol. The van der Waals surface area contributed by atoms with Crippen LogP contribution in [0.3, 0.4) is 0 Å². The molecular formula is C26H24ClN3O4. The first-order chi connectivity index (χ1) is 16.4. The van der Waals surface area contributed by atoms with Gasteiger partial charge in [-0.15, -0.1) is 5.10 Å². The molecule has 0 saturated heterocycles. The molecule has 0 spiro atoms. The van der Waals surface area contributed by atoms with Gasteiger partial charge in [-0.1, -0.05) is 65.3 Å². The molecule has 0 amide bonds. The molecule has 0 aliphatic carbocycles.